The number of imide groups is 1. The van der Waals surface area contributed by atoms with E-state index in [0.29, 0.717) is 28.3 Å². The first-order chi connectivity index (χ1) is 12.4. The number of nitrogens with one attached hydrogen (secondary N) is 1. The Hall–Kier alpha value is -2.60. The van der Waals surface area contributed by atoms with Crippen LogP contribution in [0.15, 0.2) is 42.5 Å². The Morgan fingerprint density at radius 1 is 1.19 bits per heavy atom. The van der Waals surface area contributed by atoms with Crippen LogP contribution < -0.4 is 10.1 Å². The van der Waals surface area contributed by atoms with Gasteiger partial charge in [-0.25, -0.2) is 9.18 Å². The number of hydrogen-bond donors (Lipinski definition) is 1. The predicted octanol–water partition coefficient (Wildman–Crippen LogP) is 3.85. The van der Waals surface area contributed by atoms with Gasteiger partial charge in [-0.05, 0) is 42.3 Å². The maximum Gasteiger partial charge on any atom is 0.325 e. The number of carbonyl (C=O) groups excluding carboxylic acids is 2. The molecule has 0 aromatic heterocycles. The number of ether oxygens (including phenoxy) is 1. The number of rotatable bonds is 5. The average Bonchev–Trinajstić information content (AvgIpc) is 2.87. The van der Waals surface area contributed by atoms with Gasteiger partial charge in [0.15, 0.2) is 0 Å². The smallest absolute Gasteiger partial charge is 0.325 e. The molecule has 5 nitrogen and oxygen atoms in total. The number of halogens is 2. The zero-order chi connectivity index (χ0) is 18.9. The fraction of sp³-hybridized carbons (Fsp3) is 0.263. The quantitative estimate of drug-likeness (QED) is 0.806. The summed E-state index contributed by atoms with van der Waals surface area (Å²) in [6.45, 7) is 1.82. The highest BCUT2D eigenvalue weighted by Gasteiger charge is 2.51. The van der Waals surface area contributed by atoms with Crippen LogP contribution in [0, 0.1) is 5.82 Å². The molecule has 2 aromatic rings. The van der Waals surface area contributed by atoms with E-state index in [9.17, 15) is 14.0 Å². The maximum absolute atomic E-state index is 13.3. The van der Waals surface area contributed by atoms with Crippen molar-refractivity contribution in [3.05, 3.63) is 64.4 Å². The fourth-order valence-electron chi connectivity index (χ4n) is 3.18. The van der Waals surface area contributed by atoms with E-state index in [4.69, 9.17) is 16.3 Å². The second-order valence-electron chi connectivity index (χ2n) is 6.04. The summed E-state index contributed by atoms with van der Waals surface area (Å²) >= 11 is 6.03. The van der Waals surface area contributed by atoms with E-state index in [1.807, 2.05) is 0 Å². The fourth-order valence-corrected chi connectivity index (χ4v) is 3.38. The second-order valence-corrected chi connectivity index (χ2v) is 6.48. The molecule has 0 bridgehead atoms. The van der Waals surface area contributed by atoms with Crippen LogP contribution in [0.5, 0.6) is 5.75 Å². The molecule has 26 heavy (non-hydrogen) atoms. The standard InChI is InChI=1S/C19H18ClFN2O3/c1-3-19(13-4-7-15(21)8-5-13)17(24)23(18(25)22-19)11-12-10-14(20)6-9-16(12)26-2/h4-10H,3,11H2,1-2H3,(H,22,25). The first-order valence-electron chi connectivity index (χ1n) is 8.14. The van der Waals surface area contributed by atoms with Gasteiger partial charge < -0.3 is 10.1 Å². The van der Waals surface area contributed by atoms with Gasteiger partial charge in [0.2, 0.25) is 0 Å². The second kappa shape index (κ2) is 6.96. The van der Waals surface area contributed by atoms with Gasteiger partial charge in [-0.2, -0.15) is 0 Å². The molecule has 1 unspecified atom stereocenters. The number of urea groups is 1. The van der Waals surface area contributed by atoms with Gasteiger partial charge in [-0.3, -0.25) is 9.69 Å². The van der Waals surface area contributed by atoms with E-state index in [-0.39, 0.29) is 6.54 Å². The van der Waals surface area contributed by atoms with Gasteiger partial charge in [0, 0.05) is 10.6 Å². The Labute approximate surface area is 155 Å². The molecule has 3 rings (SSSR count). The van der Waals surface area contributed by atoms with Crippen LogP contribution in [0.25, 0.3) is 0 Å². The van der Waals surface area contributed by atoms with E-state index >= 15 is 0 Å². The number of benzene rings is 2. The molecule has 2 aromatic carbocycles. The number of nitrogens with zero attached hydrogens (tertiary/aromatic N) is 1. The lowest BCUT2D eigenvalue weighted by atomic mass is 9.87. The van der Waals surface area contributed by atoms with Crippen LogP contribution in [-0.4, -0.2) is 23.9 Å². The summed E-state index contributed by atoms with van der Waals surface area (Å²) in [6.07, 6.45) is 0.340. The number of hydrogen-bond acceptors (Lipinski definition) is 3. The first-order valence-corrected chi connectivity index (χ1v) is 8.51. The Bertz CT molecular complexity index is 856. The number of carbonyl (C=O) groups is 2. The van der Waals surface area contributed by atoms with E-state index in [1.165, 1.54) is 31.4 Å². The lowest BCUT2D eigenvalue weighted by molar-refractivity contribution is -0.132. The predicted molar refractivity (Wildman–Crippen MR) is 95.5 cm³/mol. The van der Waals surface area contributed by atoms with Gasteiger partial charge in [-0.1, -0.05) is 30.7 Å². The molecule has 0 radical (unpaired) electrons. The third-order valence-electron chi connectivity index (χ3n) is 4.61. The minimum Gasteiger partial charge on any atom is -0.496 e. The summed E-state index contributed by atoms with van der Waals surface area (Å²) in [7, 11) is 1.51. The van der Waals surface area contributed by atoms with Crippen LogP contribution in [0.1, 0.15) is 24.5 Å². The van der Waals surface area contributed by atoms with Gasteiger partial charge >= 0.3 is 6.03 Å². The van der Waals surface area contributed by atoms with Crippen LogP contribution in [-0.2, 0) is 16.9 Å². The van der Waals surface area contributed by atoms with Crippen molar-refractivity contribution in [2.75, 3.05) is 7.11 Å². The topological polar surface area (TPSA) is 58.6 Å². The minimum atomic E-state index is -1.21. The summed E-state index contributed by atoms with van der Waals surface area (Å²) < 4.78 is 18.5. The zero-order valence-corrected chi connectivity index (χ0v) is 15.1. The third-order valence-corrected chi connectivity index (χ3v) is 4.85. The molecule has 0 aliphatic carbocycles. The maximum atomic E-state index is 13.3. The molecule has 0 saturated carbocycles. The Balaban J connectivity index is 1.96. The van der Waals surface area contributed by atoms with Crippen LogP contribution in [0.2, 0.25) is 5.02 Å². The third kappa shape index (κ3) is 3.01. The highest BCUT2D eigenvalue weighted by molar-refractivity contribution is 6.30. The molecule has 3 amide bonds. The van der Waals surface area contributed by atoms with Crippen molar-refractivity contribution in [3.8, 4) is 5.75 Å². The zero-order valence-electron chi connectivity index (χ0n) is 14.4. The molecule has 1 saturated heterocycles. The highest BCUT2D eigenvalue weighted by Crippen LogP contribution is 2.34. The molecule has 1 aliphatic rings. The minimum absolute atomic E-state index is 0.0251. The Morgan fingerprint density at radius 2 is 1.88 bits per heavy atom. The Morgan fingerprint density at radius 3 is 2.50 bits per heavy atom. The van der Waals surface area contributed by atoms with Crippen molar-refractivity contribution in [2.24, 2.45) is 0 Å². The van der Waals surface area contributed by atoms with Crippen molar-refractivity contribution in [2.45, 2.75) is 25.4 Å². The molecule has 1 aliphatic heterocycles. The van der Waals surface area contributed by atoms with Gasteiger partial charge in [0.25, 0.3) is 5.91 Å². The Kier molecular flexibility index (Phi) is 4.87. The lowest BCUT2D eigenvalue weighted by Crippen LogP contribution is -2.43. The summed E-state index contributed by atoms with van der Waals surface area (Å²) in [4.78, 5) is 26.8. The van der Waals surface area contributed by atoms with Crippen molar-refractivity contribution in [1.29, 1.82) is 0 Å². The van der Waals surface area contributed by atoms with Crippen molar-refractivity contribution in [3.63, 3.8) is 0 Å². The molecule has 1 fully saturated rings. The summed E-state index contributed by atoms with van der Waals surface area (Å²) in [5.41, 5.74) is -0.0498. The molecule has 1 atom stereocenters. The normalized spacial score (nSPS) is 19.6. The highest BCUT2D eigenvalue weighted by atomic mass is 35.5. The van der Waals surface area contributed by atoms with Gasteiger partial charge in [0.05, 0.1) is 13.7 Å². The molecule has 1 heterocycles. The van der Waals surface area contributed by atoms with E-state index in [1.54, 1.807) is 25.1 Å². The lowest BCUT2D eigenvalue weighted by Gasteiger charge is -2.26. The average molecular weight is 377 g/mol. The van der Waals surface area contributed by atoms with Crippen LogP contribution >= 0.6 is 11.6 Å². The summed E-state index contributed by atoms with van der Waals surface area (Å²) in [5.74, 6) is -0.262. The summed E-state index contributed by atoms with van der Waals surface area (Å²) in [5, 5.41) is 3.25. The van der Waals surface area contributed by atoms with E-state index in [2.05, 4.69) is 5.32 Å². The van der Waals surface area contributed by atoms with Crippen LogP contribution in [0.3, 0.4) is 0 Å². The molecule has 7 heteroatoms. The van der Waals surface area contributed by atoms with Gasteiger partial charge in [0.1, 0.15) is 17.1 Å². The van der Waals surface area contributed by atoms with Crippen molar-refractivity contribution >= 4 is 23.5 Å². The van der Waals surface area contributed by atoms with Crippen molar-refractivity contribution in [1.82, 2.24) is 10.2 Å². The van der Waals surface area contributed by atoms with E-state index < -0.39 is 23.3 Å². The monoisotopic (exact) mass is 376 g/mol. The number of amides is 3. The molecular weight excluding hydrogens is 359 g/mol. The first kappa shape index (κ1) is 18.2. The number of methoxy groups -OCH3 is 1. The largest absolute Gasteiger partial charge is 0.496 e. The molecule has 1 N–H and O–H groups in total. The van der Waals surface area contributed by atoms with Gasteiger partial charge in [-0.15, -0.1) is 0 Å². The van der Waals surface area contributed by atoms with E-state index in [0.717, 1.165) is 4.90 Å². The molecule has 136 valence electrons. The molecular formula is C19H18ClFN2O3. The summed E-state index contributed by atoms with van der Waals surface area (Å²) in [6, 6.07) is 10.1. The SMILES string of the molecule is CCC1(c2ccc(F)cc2)NC(=O)N(Cc2cc(Cl)ccc2OC)C1=O. The molecule has 0 spiro atoms. The van der Waals surface area contributed by atoms with Crippen LogP contribution in [0.4, 0.5) is 9.18 Å². The van der Waals surface area contributed by atoms with Crippen molar-refractivity contribution < 1.29 is 18.7 Å².